The van der Waals surface area contributed by atoms with E-state index in [9.17, 15) is 15.0 Å². The molecule has 0 aliphatic heterocycles. The highest BCUT2D eigenvalue weighted by atomic mass is 16.4. The molecule has 0 saturated carbocycles. The number of aromatic carboxylic acids is 1. The average molecular weight is 289 g/mol. The standard InChI is InChI=1S/C15H19N3O3/c1-3-8-15(2,21)9-16-12-10-6-4-5-7-11(10)17-18-13(12)14(19)20/h4-7,21H,3,8-9H2,1-2H3,(H,16,17)(H,19,20). The van der Waals surface area contributed by atoms with Crippen LogP contribution in [0.3, 0.4) is 0 Å². The summed E-state index contributed by atoms with van der Waals surface area (Å²) in [6, 6.07) is 7.18. The van der Waals surface area contributed by atoms with Gasteiger partial charge in [-0.1, -0.05) is 31.5 Å². The van der Waals surface area contributed by atoms with Gasteiger partial charge >= 0.3 is 5.97 Å². The fraction of sp³-hybridized carbons (Fsp3) is 0.400. The Bertz CT molecular complexity index is 656. The third kappa shape index (κ3) is 3.46. The maximum Gasteiger partial charge on any atom is 0.358 e. The highest BCUT2D eigenvalue weighted by Crippen LogP contribution is 2.25. The van der Waals surface area contributed by atoms with E-state index in [0.29, 0.717) is 23.0 Å². The van der Waals surface area contributed by atoms with Crippen LogP contribution < -0.4 is 5.32 Å². The number of carboxylic acid groups (broad SMARTS) is 1. The fourth-order valence-electron chi connectivity index (χ4n) is 2.29. The number of hydrogen-bond donors (Lipinski definition) is 3. The molecule has 1 atom stereocenters. The second kappa shape index (κ2) is 6.05. The van der Waals surface area contributed by atoms with Crippen molar-refractivity contribution in [3.8, 4) is 0 Å². The molecule has 1 unspecified atom stereocenters. The first-order valence-corrected chi connectivity index (χ1v) is 6.89. The molecule has 0 fully saturated rings. The summed E-state index contributed by atoms with van der Waals surface area (Å²) in [4.78, 5) is 11.3. The molecule has 0 aliphatic rings. The van der Waals surface area contributed by atoms with Crippen LogP contribution in [0.4, 0.5) is 5.69 Å². The molecule has 0 aliphatic carbocycles. The van der Waals surface area contributed by atoms with Crippen LogP contribution in [0.15, 0.2) is 24.3 Å². The zero-order chi connectivity index (χ0) is 15.5. The van der Waals surface area contributed by atoms with Gasteiger partial charge in [-0.25, -0.2) is 4.79 Å². The van der Waals surface area contributed by atoms with Gasteiger partial charge < -0.3 is 15.5 Å². The zero-order valence-corrected chi connectivity index (χ0v) is 12.1. The quantitative estimate of drug-likeness (QED) is 0.755. The lowest BCUT2D eigenvalue weighted by molar-refractivity contribution is 0.0630. The van der Waals surface area contributed by atoms with Crippen LogP contribution in [-0.2, 0) is 0 Å². The van der Waals surface area contributed by atoms with Gasteiger partial charge in [0.05, 0.1) is 16.8 Å². The first kappa shape index (κ1) is 15.2. The summed E-state index contributed by atoms with van der Waals surface area (Å²) in [6.07, 6.45) is 1.47. The largest absolute Gasteiger partial charge is 0.476 e. The number of nitrogens with one attached hydrogen (secondary N) is 1. The maximum absolute atomic E-state index is 11.3. The minimum absolute atomic E-state index is 0.138. The molecule has 21 heavy (non-hydrogen) atoms. The van der Waals surface area contributed by atoms with Gasteiger partial charge in [0, 0.05) is 11.9 Å². The summed E-state index contributed by atoms with van der Waals surface area (Å²) in [5.41, 5.74) is -0.0415. The maximum atomic E-state index is 11.3. The number of carbonyl (C=O) groups is 1. The van der Waals surface area contributed by atoms with Gasteiger partial charge in [-0.3, -0.25) is 0 Å². The van der Waals surface area contributed by atoms with Crippen LogP contribution in [0, 0.1) is 0 Å². The lowest BCUT2D eigenvalue weighted by Crippen LogP contribution is -2.33. The lowest BCUT2D eigenvalue weighted by Gasteiger charge is -2.24. The predicted molar refractivity (Wildman–Crippen MR) is 80.5 cm³/mol. The molecule has 0 spiro atoms. The molecule has 2 rings (SSSR count). The second-order valence-electron chi connectivity index (χ2n) is 5.35. The van der Waals surface area contributed by atoms with E-state index in [1.54, 1.807) is 19.1 Å². The third-order valence-corrected chi connectivity index (χ3v) is 3.31. The molecule has 2 aromatic rings. The molecule has 0 saturated heterocycles. The smallest absolute Gasteiger partial charge is 0.358 e. The van der Waals surface area contributed by atoms with E-state index in [4.69, 9.17) is 0 Å². The van der Waals surface area contributed by atoms with E-state index in [2.05, 4.69) is 15.5 Å². The van der Waals surface area contributed by atoms with Crippen molar-refractivity contribution >= 4 is 22.6 Å². The van der Waals surface area contributed by atoms with Gasteiger partial charge in [0.1, 0.15) is 0 Å². The van der Waals surface area contributed by atoms with Crippen molar-refractivity contribution in [3.63, 3.8) is 0 Å². The highest BCUT2D eigenvalue weighted by Gasteiger charge is 2.22. The number of aliphatic hydroxyl groups is 1. The van der Waals surface area contributed by atoms with Gasteiger partial charge in [0.15, 0.2) is 5.69 Å². The normalized spacial score (nSPS) is 13.9. The van der Waals surface area contributed by atoms with E-state index in [-0.39, 0.29) is 12.2 Å². The minimum Gasteiger partial charge on any atom is -0.476 e. The van der Waals surface area contributed by atoms with Crippen LogP contribution in [0.1, 0.15) is 37.2 Å². The Labute approximate surface area is 122 Å². The van der Waals surface area contributed by atoms with Crippen molar-refractivity contribution in [3.05, 3.63) is 30.0 Å². The van der Waals surface area contributed by atoms with Crippen molar-refractivity contribution in [1.29, 1.82) is 0 Å². The van der Waals surface area contributed by atoms with Crippen molar-refractivity contribution in [2.24, 2.45) is 0 Å². The molecule has 0 bridgehead atoms. The molecule has 0 amide bonds. The predicted octanol–water partition coefficient (Wildman–Crippen LogP) is 2.29. The molecule has 3 N–H and O–H groups in total. The van der Waals surface area contributed by atoms with Crippen molar-refractivity contribution < 1.29 is 15.0 Å². The van der Waals surface area contributed by atoms with Crippen LogP contribution in [-0.4, -0.2) is 38.5 Å². The molecular weight excluding hydrogens is 270 g/mol. The second-order valence-corrected chi connectivity index (χ2v) is 5.35. The molecule has 1 aromatic heterocycles. The molecular formula is C15H19N3O3. The van der Waals surface area contributed by atoms with Crippen LogP contribution in [0.5, 0.6) is 0 Å². The van der Waals surface area contributed by atoms with Crippen molar-refractivity contribution in [2.75, 3.05) is 11.9 Å². The van der Waals surface area contributed by atoms with E-state index < -0.39 is 11.6 Å². The Morgan fingerprint density at radius 3 is 2.71 bits per heavy atom. The van der Waals surface area contributed by atoms with Crippen molar-refractivity contribution in [2.45, 2.75) is 32.3 Å². The van der Waals surface area contributed by atoms with Gasteiger partial charge in [0.2, 0.25) is 0 Å². The zero-order valence-electron chi connectivity index (χ0n) is 12.1. The first-order chi connectivity index (χ1) is 9.94. The van der Waals surface area contributed by atoms with Gasteiger partial charge in [-0.2, -0.15) is 0 Å². The number of aromatic nitrogens is 2. The van der Waals surface area contributed by atoms with Crippen molar-refractivity contribution in [1.82, 2.24) is 10.2 Å². The van der Waals surface area contributed by atoms with Gasteiger partial charge in [-0.15, -0.1) is 10.2 Å². The summed E-state index contributed by atoms with van der Waals surface area (Å²) >= 11 is 0. The van der Waals surface area contributed by atoms with Crippen LogP contribution in [0.2, 0.25) is 0 Å². The first-order valence-electron chi connectivity index (χ1n) is 6.89. The Kier molecular flexibility index (Phi) is 4.37. The van der Waals surface area contributed by atoms with E-state index in [1.807, 2.05) is 19.1 Å². The number of rotatable bonds is 6. The Morgan fingerprint density at radius 2 is 2.05 bits per heavy atom. The van der Waals surface area contributed by atoms with E-state index >= 15 is 0 Å². The van der Waals surface area contributed by atoms with Crippen LogP contribution in [0.25, 0.3) is 10.9 Å². The van der Waals surface area contributed by atoms with E-state index in [0.717, 1.165) is 6.42 Å². The highest BCUT2D eigenvalue weighted by molar-refractivity contribution is 6.02. The third-order valence-electron chi connectivity index (χ3n) is 3.31. The summed E-state index contributed by atoms with van der Waals surface area (Å²) in [5.74, 6) is -1.15. The molecule has 112 valence electrons. The molecule has 1 aromatic carbocycles. The summed E-state index contributed by atoms with van der Waals surface area (Å²) in [5, 5.41) is 30.9. The average Bonchev–Trinajstić information content (AvgIpc) is 2.44. The summed E-state index contributed by atoms with van der Waals surface area (Å²) in [6.45, 7) is 3.96. The molecule has 6 nitrogen and oxygen atoms in total. The topological polar surface area (TPSA) is 95.3 Å². The van der Waals surface area contributed by atoms with E-state index in [1.165, 1.54) is 0 Å². The number of hydrogen-bond acceptors (Lipinski definition) is 5. The summed E-state index contributed by atoms with van der Waals surface area (Å²) < 4.78 is 0. The summed E-state index contributed by atoms with van der Waals surface area (Å²) in [7, 11) is 0. The Hall–Kier alpha value is -2.21. The molecule has 0 radical (unpaired) electrons. The molecule has 6 heteroatoms. The number of benzene rings is 1. The fourth-order valence-corrected chi connectivity index (χ4v) is 2.29. The van der Waals surface area contributed by atoms with Gasteiger partial charge in [0.25, 0.3) is 0 Å². The molecule has 1 heterocycles. The number of carboxylic acids is 1. The number of anilines is 1. The van der Waals surface area contributed by atoms with Crippen LogP contribution >= 0.6 is 0 Å². The lowest BCUT2D eigenvalue weighted by atomic mass is 10.0. The number of fused-ring (bicyclic) bond motifs is 1. The SMILES string of the molecule is CCCC(C)(O)CNc1c(C(=O)O)nnc2ccccc12. The minimum atomic E-state index is -1.15. The monoisotopic (exact) mass is 289 g/mol. The number of nitrogens with zero attached hydrogens (tertiary/aromatic N) is 2. The van der Waals surface area contributed by atoms with Gasteiger partial charge in [-0.05, 0) is 19.4 Å². The Morgan fingerprint density at radius 1 is 1.33 bits per heavy atom. The Balaban J connectivity index is 2.40.